The van der Waals surface area contributed by atoms with E-state index in [4.69, 9.17) is 4.74 Å². The van der Waals surface area contributed by atoms with Gasteiger partial charge in [0.25, 0.3) is 5.91 Å². The van der Waals surface area contributed by atoms with E-state index in [1.165, 1.54) is 87.6 Å². The van der Waals surface area contributed by atoms with E-state index in [0.29, 0.717) is 28.5 Å². The summed E-state index contributed by atoms with van der Waals surface area (Å²) in [4.78, 5) is 16.2. The van der Waals surface area contributed by atoms with Gasteiger partial charge in [0.1, 0.15) is 11.6 Å². The van der Waals surface area contributed by atoms with Crippen LogP contribution in [0.5, 0.6) is 5.75 Å². The molecular formula is C71H68F4N2O2. The zero-order chi connectivity index (χ0) is 54.6. The molecule has 1 unspecified atom stereocenters. The molecule has 0 spiro atoms. The molecule has 1 saturated carbocycles. The van der Waals surface area contributed by atoms with Gasteiger partial charge >= 0.3 is 6.18 Å². The minimum atomic E-state index is -4.52. The lowest BCUT2D eigenvalue weighted by atomic mass is 9.76. The van der Waals surface area contributed by atoms with Crippen LogP contribution in [-0.4, -0.2) is 19.0 Å². The van der Waals surface area contributed by atoms with Gasteiger partial charge in [0, 0.05) is 57.5 Å². The Morgan fingerprint density at radius 3 is 2.03 bits per heavy atom. The number of nitrogens with one attached hydrogen (secondary N) is 1. The number of hydrogen-bond acceptors (Lipinski definition) is 3. The number of piperidine rings is 1. The van der Waals surface area contributed by atoms with E-state index < -0.39 is 22.8 Å². The molecule has 2 heterocycles. The highest BCUT2D eigenvalue weighted by atomic mass is 19.4. The van der Waals surface area contributed by atoms with Crippen molar-refractivity contribution in [3.63, 3.8) is 0 Å². The molecular weight excluding hydrogens is 989 g/mol. The summed E-state index contributed by atoms with van der Waals surface area (Å²) in [6, 6.07) is 48.0. The number of ether oxygens (including phenoxy) is 1. The van der Waals surface area contributed by atoms with Gasteiger partial charge in [0.15, 0.2) is 5.60 Å². The SMILES string of the molecule is CCCCCC1CCC(c2ccc(-c3ccc(C(=O)Nc4ccc(-c5ccc6c7c(c8c(c6c5)-c5ccc(C(F)(F)F)cc5C8(C)C)C=CC(c5ccc(F)cc5)(c5ccc(N6CCCCC6)cc5)O7)c(C)c4)cc3)cc2)CC1. The Morgan fingerprint density at radius 1 is 0.696 bits per heavy atom. The van der Waals surface area contributed by atoms with Crippen molar-refractivity contribution in [2.75, 3.05) is 23.3 Å². The van der Waals surface area contributed by atoms with Crippen molar-refractivity contribution in [3.05, 3.63) is 214 Å². The average Bonchev–Trinajstić information content (AvgIpc) is 3.14. The van der Waals surface area contributed by atoms with Crippen molar-refractivity contribution in [1.29, 1.82) is 0 Å². The van der Waals surface area contributed by atoms with Crippen LogP contribution < -0.4 is 15.0 Å². The molecule has 1 N–H and O–H groups in total. The first-order valence-corrected chi connectivity index (χ1v) is 28.7. The van der Waals surface area contributed by atoms with E-state index in [1.54, 1.807) is 18.2 Å². The van der Waals surface area contributed by atoms with Crippen LogP contribution in [0.3, 0.4) is 0 Å². The monoisotopic (exact) mass is 1060 g/mol. The molecule has 402 valence electrons. The highest BCUT2D eigenvalue weighted by Crippen LogP contribution is 2.59. The van der Waals surface area contributed by atoms with Crippen LogP contribution in [-0.2, 0) is 17.2 Å². The summed E-state index contributed by atoms with van der Waals surface area (Å²) < 4.78 is 65.6. The van der Waals surface area contributed by atoms with Crippen molar-refractivity contribution in [1.82, 2.24) is 0 Å². The second-order valence-corrected chi connectivity index (χ2v) is 23.3. The summed E-state index contributed by atoms with van der Waals surface area (Å²) in [5, 5.41) is 4.77. The molecule has 8 aromatic rings. The molecule has 79 heavy (non-hydrogen) atoms. The predicted octanol–water partition coefficient (Wildman–Crippen LogP) is 19.4. The lowest BCUT2D eigenvalue weighted by molar-refractivity contribution is -0.137. The number of benzene rings is 8. The van der Waals surface area contributed by atoms with Gasteiger partial charge in [-0.05, 0) is 204 Å². The van der Waals surface area contributed by atoms with Crippen LogP contribution in [0.4, 0.5) is 28.9 Å². The smallest absolute Gasteiger partial charge is 0.416 e. The lowest BCUT2D eigenvalue weighted by Gasteiger charge is -2.39. The van der Waals surface area contributed by atoms with Gasteiger partial charge in [0.05, 0.1) is 5.56 Å². The molecule has 0 aromatic heterocycles. The van der Waals surface area contributed by atoms with Gasteiger partial charge in [-0.2, -0.15) is 13.2 Å². The Labute approximate surface area is 462 Å². The number of hydrogen-bond donors (Lipinski definition) is 1. The molecule has 4 aliphatic rings. The second kappa shape index (κ2) is 21.0. The highest BCUT2D eigenvalue weighted by Gasteiger charge is 2.46. The Morgan fingerprint density at radius 2 is 1.35 bits per heavy atom. The van der Waals surface area contributed by atoms with Crippen LogP contribution in [0.2, 0.25) is 0 Å². The third kappa shape index (κ3) is 9.84. The number of nitrogens with zero attached hydrogens (tertiary/aromatic N) is 1. The summed E-state index contributed by atoms with van der Waals surface area (Å²) >= 11 is 0. The number of amides is 1. The molecule has 4 nitrogen and oxygen atoms in total. The Hall–Kier alpha value is -7.45. The van der Waals surface area contributed by atoms with Crippen LogP contribution in [0.25, 0.3) is 50.2 Å². The molecule has 0 radical (unpaired) electrons. The minimum Gasteiger partial charge on any atom is -0.472 e. The van der Waals surface area contributed by atoms with Crippen molar-refractivity contribution in [2.24, 2.45) is 5.92 Å². The number of halogens is 4. The molecule has 2 fully saturated rings. The lowest BCUT2D eigenvalue weighted by Crippen LogP contribution is -2.35. The first kappa shape index (κ1) is 52.3. The van der Waals surface area contributed by atoms with Gasteiger partial charge in [-0.15, -0.1) is 0 Å². The number of unbranched alkanes of at least 4 members (excludes halogenated alkanes) is 2. The van der Waals surface area contributed by atoms with E-state index in [1.807, 2.05) is 69.3 Å². The number of carbonyl (C=O) groups excluding carboxylic acids is 1. The number of rotatable bonds is 12. The van der Waals surface area contributed by atoms with Gasteiger partial charge < -0.3 is 15.0 Å². The molecule has 1 amide bonds. The molecule has 2 aliphatic carbocycles. The summed E-state index contributed by atoms with van der Waals surface area (Å²) in [5.41, 5.74) is 11.5. The third-order valence-corrected chi connectivity index (χ3v) is 18.0. The standard InChI is InChI=1S/C71H68F4N2O2/c1-5-6-8-11-46-12-14-47(15-13-46)48-16-18-49(19-17-48)50-20-22-51(23-21-50)68(78)76-57-32-37-59(45(2)42-57)52-24-35-60-63(43-52)65-61-36-29-55(71(73,74)75)44-64(61)69(3,4)66(65)62-38-39-70(79-67(60)62,53-25-30-56(72)31-26-53)54-27-33-58(34-28-54)77-40-9-7-10-41-77/h16-39,42-44,46-47H,5-15,40-41H2,1-4H3,(H,76,78). The molecule has 2 aliphatic heterocycles. The normalized spacial score (nSPS) is 19.4. The van der Waals surface area contributed by atoms with Gasteiger partial charge in [-0.25, -0.2) is 4.39 Å². The zero-order valence-electron chi connectivity index (χ0n) is 45.7. The Bertz CT molecular complexity index is 3600. The summed E-state index contributed by atoms with van der Waals surface area (Å²) in [6.45, 7) is 10.3. The van der Waals surface area contributed by atoms with E-state index in [0.717, 1.165) is 110 Å². The quantitative estimate of drug-likeness (QED) is 0.0979. The van der Waals surface area contributed by atoms with E-state index in [9.17, 15) is 22.4 Å². The maximum absolute atomic E-state index is 14.7. The van der Waals surface area contributed by atoms with Crippen LogP contribution in [0.15, 0.2) is 158 Å². The zero-order valence-corrected chi connectivity index (χ0v) is 45.7. The predicted molar refractivity (Wildman–Crippen MR) is 315 cm³/mol. The summed E-state index contributed by atoms with van der Waals surface area (Å²) in [7, 11) is 0. The molecule has 8 heteroatoms. The molecule has 1 atom stereocenters. The number of fused-ring (bicyclic) bond motifs is 8. The molecule has 1 saturated heterocycles. The number of aryl methyl sites for hydroxylation is 1. The van der Waals surface area contributed by atoms with Gasteiger partial charge in [0.2, 0.25) is 0 Å². The first-order valence-electron chi connectivity index (χ1n) is 28.7. The largest absolute Gasteiger partial charge is 0.472 e. The molecule has 0 bridgehead atoms. The average molecular weight is 1060 g/mol. The number of alkyl halides is 3. The van der Waals surface area contributed by atoms with Crippen LogP contribution in [0.1, 0.15) is 152 Å². The Balaban J connectivity index is 0.853. The molecule has 8 aromatic carbocycles. The first-order chi connectivity index (χ1) is 38.2. The highest BCUT2D eigenvalue weighted by molar-refractivity contribution is 6.10. The van der Waals surface area contributed by atoms with Crippen molar-refractivity contribution >= 4 is 34.1 Å². The van der Waals surface area contributed by atoms with Crippen LogP contribution >= 0.6 is 0 Å². The maximum atomic E-state index is 14.7. The topological polar surface area (TPSA) is 41.6 Å². The Kier molecular flexibility index (Phi) is 13.9. The second-order valence-electron chi connectivity index (χ2n) is 23.3. The van der Waals surface area contributed by atoms with Crippen LogP contribution in [0, 0.1) is 18.7 Å². The van der Waals surface area contributed by atoms with Gasteiger partial charge in [-0.1, -0.05) is 131 Å². The van der Waals surface area contributed by atoms with Crippen molar-refractivity contribution in [3.8, 4) is 39.1 Å². The third-order valence-electron chi connectivity index (χ3n) is 18.0. The summed E-state index contributed by atoms with van der Waals surface area (Å²) in [5.74, 6) is 1.56. The minimum absolute atomic E-state index is 0.205. The fourth-order valence-corrected chi connectivity index (χ4v) is 13.6. The van der Waals surface area contributed by atoms with E-state index in [-0.39, 0.29) is 11.7 Å². The molecule has 12 rings (SSSR count). The fourth-order valence-electron chi connectivity index (χ4n) is 13.6. The maximum Gasteiger partial charge on any atom is 0.416 e. The number of carbonyl (C=O) groups is 1. The van der Waals surface area contributed by atoms with Gasteiger partial charge in [-0.3, -0.25) is 4.79 Å². The van der Waals surface area contributed by atoms with Crippen molar-refractivity contribution < 1.29 is 27.1 Å². The van der Waals surface area contributed by atoms with E-state index >= 15 is 0 Å². The summed E-state index contributed by atoms with van der Waals surface area (Å²) in [6.07, 6.45) is 13.7. The fraction of sp³-hybridized carbons (Fsp3) is 0.310. The van der Waals surface area contributed by atoms with Crippen molar-refractivity contribution in [2.45, 2.75) is 121 Å². The van der Waals surface area contributed by atoms with E-state index in [2.05, 4.69) is 89.9 Å². The number of anilines is 2.